The van der Waals surface area contributed by atoms with Crippen molar-refractivity contribution in [2.75, 3.05) is 32.5 Å². The van der Waals surface area contributed by atoms with Crippen LogP contribution < -0.4 is 5.73 Å². The Bertz CT molecular complexity index is 583. The Kier molecular flexibility index (Phi) is 5.53. The van der Waals surface area contributed by atoms with E-state index >= 15 is 0 Å². The van der Waals surface area contributed by atoms with Crippen molar-refractivity contribution >= 4 is 16.6 Å². The van der Waals surface area contributed by atoms with E-state index in [1.54, 1.807) is 7.11 Å². The van der Waals surface area contributed by atoms with E-state index in [0.29, 0.717) is 5.92 Å². The Labute approximate surface area is 126 Å². The van der Waals surface area contributed by atoms with Crippen molar-refractivity contribution < 1.29 is 4.74 Å². The topological polar surface area (TPSA) is 51.4 Å². The van der Waals surface area contributed by atoms with Crippen LogP contribution in [0.4, 0.5) is 5.69 Å². The first kappa shape index (κ1) is 15.7. The molecule has 1 heterocycles. The molecule has 4 nitrogen and oxygen atoms in total. The third-order valence-electron chi connectivity index (χ3n) is 3.52. The Morgan fingerprint density at radius 1 is 1.29 bits per heavy atom. The van der Waals surface area contributed by atoms with Crippen molar-refractivity contribution in [2.24, 2.45) is 5.92 Å². The smallest absolute Gasteiger partial charge is 0.0767 e. The number of hydrogen-bond donors (Lipinski definition) is 1. The van der Waals surface area contributed by atoms with Gasteiger partial charge in [0, 0.05) is 44.0 Å². The van der Waals surface area contributed by atoms with E-state index in [4.69, 9.17) is 10.5 Å². The van der Waals surface area contributed by atoms with Crippen LogP contribution in [0.15, 0.2) is 30.5 Å². The molecule has 1 aromatic carbocycles. The van der Waals surface area contributed by atoms with Crippen LogP contribution in [0.2, 0.25) is 0 Å². The van der Waals surface area contributed by atoms with Gasteiger partial charge in [-0.1, -0.05) is 19.9 Å². The average molecular weight is 287 g/mol. The van der Waals surface area contributed by atoms with Gasteiger partial charge in [-0.25, -0.2) is 0 Å². The molecule has 2 rings (SSSR count). The second kappa shape index (κ2) is 7.38. The predicted molar refractivity (Wildman–Crippen MR) is 88.1 cm³/mol. The Morgan fingerprint density at radius 3 is 2.81 bits per heavy atom. The number of aromatic nitrogens is 1. The molecule has 0 spiro atoms. The second-order valence-electron chi connectivity index (χ2n) is 5.84. The van der Waals surface area contributed by atoms with Gasteiger partial charge in [0.2, 0.25) is 0 Å². The molecule has 2 N–H and O–H groups in total. The summed E-state index contributed by atoms with van der Waals surface area (Å²) in [6.45, 7) is 8.05. The van der Waals surface area contributed by atoms with E-state index in [-0.39, 0.29) is 0 Å². The van der Waals surface area contributed by atoms with E-state index in [9.17, 15) is 0 Å². The van der Waals surface area contributed by atoms with Crippen molar-refractivity contribution in [3.8, 4) is 0 Å². The molecule has 1 aromatic heterocycles. The summed E-state index contributed by atoms with van der Waals surface area (Å²) in [6, 6.07) is 8.02. The Balaban J connectivity index is 2.25. The monoisotopic (exact) mass is 287 g/mol. The molecule has 0 saturated heterocycles. The second-order valence-corrected chi connectivity index (χ2v) is 5.84. The molecule has 21 heavy (non-hydrogen) atoms. The third kappa shape index (κ3) is 4.16. The van der Waals surface area contributed by atoms with Crippen molar-refractivity contribution in [2.45, 2.75) is 20.4 Å². The average Bonchev–Trinajstić information content (AvgIpc) is 2.47. The summed E-state index contributed by atoms with van der Waals surface area (Å²) < 4.78 is 5.22. The van der Waals surface area contributed by atoms with Gasteiger partial charge in [0.25, 0.3) is 0 Å². The highest BCUT2D eigenvalue weighted by Crippen LogP contribution is 2.23. The van der Waals surface area contributed by atoms with E-state index in [1.165, 1.54) is 5.56 Å². The summed E-state index contributed by atoms with van der Waals surface area (Å²) in [5, 5.41) is 1.03. The van der Waals surface area contributed by atoms with Gasteiger partial charge in [-0.2, -0.15) is 0 Å². The van der Waals surface area contributed by atoms with Crippen LogP contribution in [0.3, 0.4) is 0 Å². The van der Waals surface area contributed by atoms with Crippen molar-refractivity contribution in [1.82, 2.24) is 9.88 Å². The van der Waals surface area contributed by atoms with E-state index < -0.39 is 0 Å². The summed E-state index contributed by atoms with van der Waals surface area (Å²) in [6.07, 6.45) is 1.83. The molecule has 2 aromatic rings. The minimum atomic E-state index is 0.620. The first-order chi connectivity index (χ1) is 10.1. The van der Waals surface area contributed by atoms with Crippen LogP contribution in [-0.4, -0.2) is 36.7 Å². The normalized spacial score (nSPS) is 11.7. The number of methoxy groups -OCH3 is 1. The molecular weight excluding hydrogens is 262 g/mol. The lowest BCUT2D eigenvalue weighted by Crippen LogP contribution is -2.30. The largest absolute Gasteiger partial charge is 0.398 e. The maximum absolute atomic E-state index is 6.04. The highest BCUT2D eigenvalue weighted by molar-refractivity contribution is 5.92. The maximum atomic E-state index is 6.04. The lowest BCUT2D eigenvalue weighted by molar-refractivity contribution is 0.136. The fraction of sp³-hybridized carbons (Fsp3) is 0.471. The third-order valence-corrected chi connectivity index (χ3v) is 3.52. The minimum absolute atomic E-state index is 0.620. The number of nitrogens with zero attached hydrogens (tertiary/aromatic N) is 2. The fourth-order valence-electron chi connectivity index (χ4n) is 2.59. The lowest BCUT2D eigenvalue weighted by atomic mass is 10.1. The summed E-state index contributed by atoms with van der Waals surface area (Å²) in [4.78, 5) is 6.93. The Hall–Kier alpha value is -1.65. The molecule has 0 aliphatic carbocycles. The maximum Gasteiger partial charge on any atom is 0.0767 e. The lowest BCUT2D eigenvalue weighted by Gasteiger charge is -2.24. The van der Waals surface area contributed by atoms with Gasteiger partial charge in [-0.3, -0.25) is 9.88 Å². The molecule has 0 unspecified atom stereocenters. The number of hydrogen-bond acceptors (Lipinski definition) is 4. The fourth-order valence-corrected chi connectivity index (χ4v) is 2.59. The number of rotatable bonds is 7. The summed E-state index contributed by atoms with van der Waals surface area (Å²) in [5.41, 5.74) is 9.05. The molecule has 0 amide bonds. The zero-order chi connectivity index (χ0) is 15.2. The number of ether oxygens (including phenoxy) is 1. The Morgan fingerprint density at radius 2 is 2.10 bits per heavy atom. The SMILES string of the molecule is COCCN(Cc1ccc(N)c2cccnc12)CC(C)C. The van der Waals surface area contributed by atoms with E-state index in [1.807, 2.05) is 24.4 Å². The highest BCUT2D eigenvalue weighted by Gasteiger charge is 2.11. The summed E-state index contributed by atoms with van der Waals surface area (Å²) >= 11 is 0. The number of nitrogen functional groups attached to an aromatic ring is 1. The molecule has 0 saturated carbocycles. The molecule has 0 atom stereocenters. The first-order valence-electron chi connectivity index (χ1n) is 7.45. The van der Waals surface area contributed by atoms with Gasteiger partial charge in [0.15, 0.2) is 0 Å². The standard InChI is InChI=1S/C17H25N3O/c1-13(2)11-20(9-10-21-3)12-14-6-7-16(18)15-5-4-8-19-17(14)15/h4-8,13H,9-12,18H2,1-3H3. The zero-order valence-electron chi connectivity index (χ0n) is 13.2. The first-order valence-corrected chi connectivity index (χ1v) is 7.45. The van der Waals surface area contributed by atoms with Crippen LogP contribution in [0.5, 0.6) is 0 Å². The van der Waals surface area contributed by atoms with E-state index in [2.05, 4.69) is 29.8 Å². The molecule has 0 bridgehead atoms. The van der Waals surface area contributed by atoms with Gasteiger partial charge in [-0.05, 0) is 29.7 Å². The van der Waals surface area contributed by atoms with Crippen LogP contribution in [0.25, 0.3) is 10.9 Å². The quantitative estimate of drug-likeness (QED) is 0.796. The highest BCUT2D eigenvalue weighted by atomic mass is 16.5. The molecular formula is C17H25N3O. The van der Waals surface area contributed by atoms with Gasteiger partial charge >= 0.3 is 0 Å². The number of pyridine rings is 1. The number of benzene rings is 1. The molecule has 4 heteroatoms. The molecule has 114 valence electrons. The minimum Gasteiger partial charge on any atom is -0.398 e. The van der Waals surface area contributed by atoms with Crippen molar-refractivity contribution in [3.05, 3.63) is 36.0 Å². The van der Waals surface area contributed by atoms with Gasteiger partial charge in [0.1, 0.15) is 0 Å². The zero-order valence-corrected chi connectivity index (χ0v) is 13.2. The van der Waals surface area contributed by atoms with Crippen LogP contribution in [0, 0.1) is 5.92 Å². The van der Waals surface area contributed by atoms with E-state index in [0.717, 1.165) is 42.8 Å². The predicted octanol–water partition coefficient (Wildman–Crippen LogP) is 2.92. The van der Waals surface area contributed by atoms with Crippen LogP contribution in [-0.2, 0) is 11.3 Å². The molecule has 0 aliphatic heterocycles. The molecule has 0 aliphatic rings. The van der Waals surface area contributed by atoms with Crippen molar-refractivity contribution in [1.29, 1.82) is 0 Å². The van der Waals surface area contributed by atoms with Gasteiger partial charge in [0.05, 0.1) is 12.1 Å². The molecule has 0 radical (unpaired) electrons. The number of fused-ring (bicyclic) bond motifs is 1. The summed E-state index contributed by atoms with van der Waals surface area (Å²) in [7, 11) is 1.74. The summed E-state index contributed by atoms with van der Waals surface area (Å²) in [5.74, 6) is 0.620. The molecule has 0 fully saturated rings. The van der Waals surface area contributed by atoms with Crippen LogP contribution in [0.1, 0.15) is 19.4 Å². The number of nitrogens with two attached hydrogens (primary N) is 1. The van der Waals surface area contributed by atoms with Crippen LogP contribution >= 0.6 is 0 Å². The van der Waals surface area contributed by atoms with Gasteiger partial charge < -0.3 is 10.5 Å². The van der Waals surface area contributed by atoms with Crippen molar-refractivity contribution in [3.63, 3.8) is 0 Å². The van der Waals surface area contributed by atoms with Gasteiger partial charge in [-0.15, -0.1) is 0 Å². The number of anilines is 1.